The molecule has 72 valence electrons. The molecule has 3 nitrogen and oxygen atoms in total. The van der Waals surface area contributed by atoms with Crippen molar-refractivity contribution >= 4 is 28.2 Å². The standard InChI is InChI=1S/C10H10IN3/c11-8-2-1-5-14-9(6-7-3-4-7)12-13-10(8)14/h1-2,5,7H,3-4,6H2. The van der Waals surface area contributed by atoms with E-state index in [0.717, 1.165) is 23.8 Å². The van der Waals surface area contributed by atoms with Gasteiger partial charge in [0.2, 0.25) is 0 Å². The van der Waals surface area contributed by atoms with Gasteiger partial charge in [-0.3, -0.25) is 4.40 Å². The van der Waals surface area contributed by atoms with Crippen molar-refractivity contribution < 1.29 is 0 Å². The Morgan fingerprint density at radius 2 is 2.29 bits per heavy atom. The van der Waals surface area contributed by atoms with Crippen molar-refractivity contribution in [3.05, 3.63) is 27.7 Å². The molecule has 3 rings (SSSR count). The SMILES string of the molecule is Ic1cccn2c(CC3CC3)nnc12. The topological polar surface area (TPSA) is 30.2 Å². The molecule has 0 amide bonds. The lowest BCUT2D eigenvalue weighted by Gasteiger charge is -1.98. The Morgan fingerprint density at radius 1 is 1.43 bits per heavy atom. The van der Waals surface area contributed by atoms with Crippen molar-refractivity contribution in [1.29, 1.82) is 0 Å². The average molecular weight is 299 g/mol. The van der Waals surface area contributed by atoms with E-state index >= 15 is 0 Å². The van der Waals surface area contributed by atoms with Crippen LogP contribution in [0.5, 0.6) is 0 Å². The number of aromatic nitrogens is 3. The zero-order valence-electron chi connectivity index (χ0n) is 7.65. The van der Waals surface area contributed by atoms with Crippen molar-refractivity contribution in [1.82, 2.24) is 14.6 Å². The highest BCUT2D eigenvalue weighted by Gasteiger charge is 2.24. The molecule has 1 fully saturated rings. The number of halogens is 1. The van der Waals surface area contributed by atoms with Gasteiger partial charge in [0, 0.05) is 12.6 Å². The van der Waals surface area contributed by atoms with Crippen LogP contribution in [0.3, 0.4) is 0 Å². The van der Waals surface area contributed by atoms with Crippen molar-refractivity contribution in [2.24, 2.45) is 5.92 Å². The smallest absolute Gasteiger partial charge is 0.174 e. The van der Waals surface area contributed by atoms with Gasteiger partial charge in [-0.05, 0) is 53.5 Å². The molecule has 2 heterocycles. The molecule has 0 radical (unpaired) electrons. The first-order chi connectivity index (χ1) is 6.84. The molecule has 2 aromatic rings. The summed E-state index contributed by atoms with van der Waals surface area (Å²) in [6.07, 6.45) is 5.86. The number of pyridine rings is 1. The summed E-state index contributed by atoms with van der Waals surface area (Å²) in [7, 11) is 0. The summed E-state index contributed by atoms with van der Waals surface area (Å²) in [5.74, 6) is 1.97. The van der Waals surface area contributed by atoms with E-state index in [1.54, 1.807) is 0 Å². The van der Waals surface area contributed by atoms with Crippen LogP contribution in [-0.4, -0.2) is 14.6 Å². The summed E-state index contributed by atoms with van der Waals surface area (Å²) in [6.45, 7) is 0. The summed E-state index contributed by atoms with van der Waals surface area (Å²) in [4.78, 5) is 0. The lowest BCUT2D eigenvalue weighted by Crippen LogP contribution is -1.96. The predicted molar refractivity (Wildman–Crippen MR) is 62.1 cm³/mol. The highest BCUT2D eigenvalue weighted by Crippen LogP contribution is 2.32. The van der Waals surface area contributed by atoms with Crippen LogP contribution in [0.15, 0.2) is 18.3 Å². The third-order valence-electron chi connectivity index (χ3n) is 2.63. The van der Waals surface area contributed by atoms with E-state index in [1.165, 1.54) is 16.4 Å². The molecular weight excluding hydrogens is 289 g/mol. The molecule has 2 aromatic heterocycles. The largest absolute Gasteiger partial charge is 0.286 e. The van der Waals surface area contributed by atoms with Crippen LogP contribution in [0, 0.1) is 9.49 Å². The van der Waals surface area contributed by atoms with Crippen LogP contribution < -0.4 is 0 Å². The zero-order valence-corrected chi connectivity index (χ0v) is 9.81. The van der Waals surface area contributed by atoms with Gasteiger partial charge in [-0.15, -0.1) is 10.2 Å². The molecule has 0 aromatic carbocycles. The quantitative estimate of drug-likeness (QED) is 0.796. The number of fused-ring (bicyclic) bond motifs is 1. The Hall–Kier alpha value is -0.650. The Kier molecular flexibility index (Phi) is 1.97. The third kappa shape index (κ3) is 1.41. The maximum Gasteiger partial charge on any atom is 0.174 e. The molecule has 0 saturated heterocycles. The number of nitrogens with zero attached hydrogens (tertiary/aromatic N) is 3. The lowest BCUT2D eigenvalue weighted by molar-refractivity contribution is 0.758. The summed E-state index contributed by atoms with van der Waals surface area (Å²) in [5, 5.41) is 8.45. The Labute approximate surface area is 95.7 Å². The van der Waals surface area contributed by atoms with Crippen LogP contribution in [0.2, 0.25) is 0 Å². The van der Waals surface area contributed by atoms with Crippen LogP contribution in [-0.2, 0) is 6.42 Å². The molecule has 0 bridgehead atoms. The summed E-state index contributed by atoms with van der Waals surface area (Å²) < 4.78 is 3.28. The second-order valence-corrected chi connectivity index (χ2v) is 4.98. The maximum atomic E-state index is 4.24. The van der Waals surface area contributed by atoms with Gasteiger partial charge in [0.1, 0.15) is 5.82 Å². The van der Waals surface area contributed by atoms with Crippen molar-refractivity contribution in [3.8, 4) is 0 Å². The highest BCUT2D eigenvalue weighted by atomic mass is 127. The van der Waals surface area contributed by atoms with E-state index in [2.05, 4.69) is 55.5 Å². The van der Waals surface area contributed by atoms with Gasteiger partial charge in [0.25, 0.3) is 0 Å². The fourth-order valence-electron chi connectivity index (χ4n) is 1.65. The number of hydrogen-bond acceptors (Lipinski definition) is 2. The first-order valence-corrected chi connectivity index (χ1v) is 5.90. The summed E-state index contributed by atoms with van der Waals surface area (Å²) in [6, 6.07) is 4.11. The molecule has 1 saturated carbocycles. The van der Waals surface area contributed by atoms with E-state index < -0.39 is 0 Å². The molecule has 0 aliphatic heterocycles. The minimum Gasteiger partial charge on any atom is -0.286 e. The molecule has 1 aliphatic carbocycles. The van der Waals surface area contributed by atoms with Gasteiger partial charge < -0.3 is 0 Å². The van der Waals surface area contributed by atoms with Gasteiger partial charge in [0.15, 0.2) is 5.65 Å². The Morgan fingerprint density at radius 3 is 3.07 bits per heavy atom. The monoisotopic (exact) mass is 299 g/mol. The molecule has 1 aliphatic rings. The first-order valence-electron chi connectivity index (χ1n) is 4.83. The average Bonchev–Trinajstić information content (AvgIpc) is 2.88. The minimum absolute atomic E-state index is 0.861. The third-order valence-corrected chi connectivity index (χ3v) is 3.47. The molecule has 0 spiro atoms. The predicted octanol–water partition coefficient (Wildman–Crippen LogP) is 2.29. The Bertz CT molecular complexity index is 473. The molecule has 4 heteroatoms. The first kappa shape index (κ1) is 8.64. The highest BCUT2D eigenvalue weighted by molar-refractivity contribution is 14.1. The van der Waals surface area contributed by atoms with Crippen molar-refractivity contribution in [3.63, 3.8) is 0 Å². The maximum absolute atomic E-state index is 4.24. The van der Waals surface area contributed by atoms with Gasteiger partial charge >= 0.3 is 0 Å². The van der Waals surface area contributed by atoms with E-state index in [1.807, 2.05) is 0 Å². The molecule has 0 unspecified atom stereocenters. The fraction of sp³-hybridized carbons (Fsp3) is 0.400. The summed E-state index contributed by atoms with van der Waals surface area (Å²) >= 11 is 2.30. The van der Waals surface area contributed by atoms with Gasteiger partial charge in [-0.25, -0.2) is 0 Å². The van der Waals surface area contributed by atoms with E-state index in [0.29, 0.717) is 0 Å². The molecule has 0 atom stereocenters. The van der Waals surface area contributed by atoms with Gasteiger partial charge in [-0.2, -0.15) is 0 Å². The van der Waals surface area contributed by atoms with Crippen LogP contribution >= 0.6 is 22.6 Å². The minimum atomic E-state index is 0.861. The fourth-order valence-corrected chi connectivity index (χ4v) is 2.23. The number of hydrogen-bond donors (Lipinski definition) is 0. The summed E-state index contributed by atoms with van der Waals surface area (Å²) in [5.41, 5.74) is 0.990. The van der Waals surface area contributed by atoms with Crippen LogP contribution in [0.4, 0.5) is 0 Å². The molecular formula is C10H10IN3. The van der Waals surface area contributed by atoms with Crippen LogP contribution in [0.25, 0.3) is 5.65 Å². The van der Waals surface area contributed by atoms with Crippen molar-refractivity contribution in [2.45, 2.75) is 19.3 Å². The second-order valence-electron chi connectivity index (χ2n) is 3.81. The van der Waals surface area contributed by atoms with E-state index in [-0.39, 0.29) is 0 Å². The Balaban J connectivity index is 2.10. The van der Waals surface area contributed by atoms with Crippen molar-refractivity contribution in [2.75, 3.05) is 0 Å². The van der Waals surface area contributed by atoms with Crippen LogP contribution in [0.1, 0.15) is 18.7 Å². The molecule has 14 heavy (non-hydrogen) atoms. The second kappa shape index (κ2) is 3.18. The van der Waals surface area contributed by atoms with E-state index in [4.69, 9.17) is 0 Å². The molecule has 0 N–H and O–H groups in total. The normalized spacial score (nSPS) is 16.4. The number of rotatable bonds is 2. The van der Waals surface area contributed by atoms with Gasteiger partial charge in [0.05, 0.1) is 3.57 Å². The van der Waals surface area contributed by atoms with E-state index in [9.17, 15) is 0 Å². The van der Waals surface area contributed by atoms with Gasteiger partial charge in [-0.1, -0.05) is 0 Å². The lowest BCUT2D eigenvalue weighted by atomic mass is 10.3. The zero-order chi connectivity index (χ0) is 9.54.